The molecule has 2 aromatic rings. The van der Waals surface area contributed by atoms with Crippen LogP contribution >= 0.6 is 11.6 Å². The molecule has 0 bridgehead atoms. The number of anilines is 1. The lowest BCUT2D eigenvalue weighted by Crippen LogP contribution is -2.49. The molecule has 1 unspecified atom stereocenters. The highest BCUT2D eigenvalue weighted by Crippen LogP contribution is 2.24. The number of carbonyl (C=O) groups is 2. The van der Waals surface area contributed by atoms with Crippen LogP contribution in [0.5, 0.6) is 5.75 Å². The van der Waals surface area contributed by atoms with E-state index in [4.69, 9.17) is 16.3 Å². The highest BCUT2D eigenvalue weighted by molar-refractivity contribution is 6.39. The second-order valence-electron chi connectivity index (χ2n) is 7.42. The zero-order valence-electron chi connectivity index (χ0n) is 17.5. The molecule has 1 heterocycles. The molecule has 1 fully saturated rings. The maximum Gasteiger partial charge on any atom is 0.313 e. The van der Waals surface area contributed by atoms with Gasteiger partial charge in [0, 0.05) is 38.4 Å². The summed E-state index contributed by atoms with van der Waals surface area (Å²) in [5.74, 6) is -1.46. The van der Waals surface area contributed by atoms with Crippen LogP contribution in [0.15, 0.2) is 42.5 Å². The van der Waals surface area contributed by atoms with Crippen LogP contribution in [-0.4, -0.2) is 68.5 Å². The van der Waals surface area contributed by atoms with E-state index in [9.17, 15) is 14.0 Å². The first kappa shape index (κ1) is 23.0. The van der Waals surface area contributed by atoms with Gasteiger partial charge in [0.15, 0.2) is 0 Å². The molecule has 0 aromatic heterocycles. The van der Waals surface area contributed by atoms with E-state index < -0.39 is 17.6 Å². The minimum Gasteiger partial charge on any atom is -0.497 e. The van der Waals surface area contributed by atoms with Gasteiger partial charge < -0.3 is 20.3 Å². The molecule has 0 saturated carbocycles. The summed E-state index contributed by atoms with van der Waals surface area (Å²) >= 11 is 5.72. The van der Waals surface area contributed by atoms with Gasteiger partial charge in [-0.25, -0.2) is 4.39 Å². The predicted octanol–water partition coefficient (Wildman–Crippen LogP) is 2.53. The van der Waals surface area contributed by atoms with Crippen molar-refractivity contribution in [1.82, 2.24) is 15.1 Å². The summed E-state index contributed by atoms with van der Waals surface area (Å²) in [6.45, 7) is 3.82. The van der Waals surface area contributed by atoms with E-state index in [0.717, 1.165) is 43.6 Å². The average molecular weight is 449 g/mol. The van der Waals surface area contributed by atoms with Crippen LogP contribution in [0.1, 0.15) is 11.6 Å². The van der Waals surface area contributed by atoms with Crippen LogP contribution in [0, 0.1) is 5.82 Å². The average Bonchev–Trinajstić information content (AvgIpc) is 2.77. The zero-order valence-corrected chi connectivity index (χ0v) is 18.3. The first-order valence-corrected chi connectivity index (χ1v) is 10.4. The molecule has 2 amide bonds. The fourth-order valence-corrected chi connectivity index (χ4v) is 3.63. The molecule has 9 heteroatoms. The van der Waals surface area contributed by atoms with Gasteiger partial charge in [-0.3, -0.25) is 14.5 Å². The Morgan fingerprint density at radius 1 is 1.10 bits per heavy atom. The Morgan fingerprint density at radius 2 is 1.77 bits per heavy atom. The number of nitrogens with one attached hydrogen (secondary N) is 2. The molecule has 1 atom stereocenters. The monoisotopic (exact) mass is 448 g/mol. The molecular formula is C22H26ClFN4O3. The molecule has 1 saturated heterocycles. The lowest BCUT2D eigenvalue weighted by atomic mass is 10.0. The van der Waals surface area contributed by atoms with Crippen molar-refractivity contribution in [3.05, 3.63) is 58.9 Å². The van der Waals surface area contributed by atoms with E-state index in [-0.39, 0.29) is 23.3 Å². The fraction of sp³-hybridized carbons (Fsp3) is 0.364. The van der Waals surface area contributed by atoms with Gasteiger partial charge >= 0.3 is 11.8 Å². The molecule has 1 aliphatic heterocycles. The number of benzene rings is 2. The third-order valence-electron chi connectivity index (χ3n) is 5.32. The molecule has 0 aliphatic carbocycles. The van der Waals surface area contributed by atoms with Gasteiger partial charge in [0.25, 0.3) is 0 Å². The summed E-state index contributed by atoms with van der Waals surface area (Å²) < 4.78 is 18.5. The Hall–Kier alpha value is -2.68. The Kier molecular flexibility index (Phi) is 7.84. The minimum absolute atomic E-state index is 0.0865. The second kappa shape index (κ2) is 10.6. The molecule has 1 aliphatic rings. The largest absolute Gasteiger partial charge is 0.497 e. The normalized spacial score (nSPS) is 15.9. The summed E-state index contributed by atoms with van der Waals surface area (Å²) in [4.78, 5) is 29.2. The molecule has 7 nitrogen and oxygen atoms in total. The van der Waals surface area contributed by atoms with Crippen molar-refractivity contribution in [3.8, 4) is 5.75 Å². The van der Waals surface area contributed by atoms with Gasteiger partial charge in [-0.1, -0.05) is 23.7 Å². The topological polar surface area (TPSA) is 73.9 Å². The van der Waals surface area contributed by atoms with Crippen LogP contribution in [0.25, 0.3) is 0 Å². The molecule has 0 radical (unpaired) electrons. The number of carbonyl (C=O) groups excluding carboxylic acids is 2. The van der Waals surface area contributed by atoms with Gasteiger partial charge in [-0.15, -0.1) is 0 Å². The van der Waals surface area contributed by atoms with Gasteiger partial charge in [-0.05, 0) is 42.9 Å². The Balaban J connectivity index is 1.66. The number of hydrogen-bond acceptors (Lipinski definition) is 5. The number of rotatable bonds is 6. The number of amides is 2. The van der Waals surface area contributed by atoms with Gasteiger partial charge in [0.1, 0.15) is 11.6 Å². The van der Waals surface area contributed by atoms with Crippen molar-refractivity contribution in [1.29, 1.82) is 0 Å². The highest BCUT2D eigenvalue weighted by Gasteiger charge is 2.25. The predicted molar refractivity (Wildman–Crippen MR) is 118 cm³/mol. The first-order valence-electron chi connectivity index (χ1n) is 9.98. The zero-order chi connectivity index (χ0) is 22.4. The summed E-state index contributed by atoms with van der Waals surface area (Å²) in [5, 5.41) is 5.02. The maximum absolute atomic E-state index is 13.3. The van der Waals surface area contributed by atoms with Crippen LogP contribution in [0.4, 0.5) is 10.1 Å². The van der Waals surface area contributed by atoms with Gasteiger partial charge in [-0.2, -0.15) is 0 Å². The SMILES string of the molecule is COc1ccc(C(CNC(=O)C(=O)Nc2ccc(F)c(Cl)c2)N2CCN(C)CC2)cc1. The molecule has 2 aromatic carbocycles. The van der Waals surface area contributed by atoms with Crippen LogP contribution in [-0.2, 0) is 9.59 Å². The standard InChI is InChI=1S/C22H26ClFN4O3/c1-27-9-11-28(12-10-27)20(15-3-6-17(31-2)7-4-15)14-25-21(29)22(30)26-16-5-8-19(24)18(23)13-16/h3-8,13,20H,9-12,14H2,1-2H3,(H,25,29)(H,26,30). The number of hydrogen-bond donors (Lipinski definition) is 2. The summed E-state index contributed by atoms with van der Waals surface area (Å²) in [6.07, 6.45) is 0. The third-order valence-corrected chi connectivity index (χ3v) is 5.61. The molecule has 2 N–H and O–H groups in total. The van der Waals surface area contributed by atoms with E-state index in [1.165, 1.54) is 12.1 Å². The quantitative estimate of drug-likeness (QED) is 0.664. The van der Waals surface area contributed by atoms with Crippen LogP contribution < -0.4 is 15.4 Å². The van der Waals surface area contributed by atoms with Crippen LogP contribution in [0.2, 0.25) is 5.02 Å². The van der Waals surface area contributed by atoms with E-state index in [1.54, 1.807) is 7.11 Å². The number of ether oxygens (including phenoxy) is 1. The number of likely N-dealkylation sites (N-methyl/N-ethyl adjacent to an activating group) is 1. The first-order chi connectivity index (χ1) is 14.9. The van der Waals surface area contributed by atoms with Crippen molar-refractivity contribution >= 4 is 29.1 Å². The molecule has 0 spiro atoms. The Bertz CT molecular complexity index is 917. The Labute approximate surface area is 186 Å². The second-order valence-corrected chi connectivity index (χ2v) is 7.83. The number of piperazine rings is 1. The minimum atomic E-state index is -0.838. The summed E-state index contributed by atoms with van der Waals surface area (Å²) in [7, 11) is 3.69. The number of nitrogens with zero attached hydrogens (tertiary/aromatic N) is 2. The molecular weight excluding hydrogens is 423 g/mol. The maximum atomic E-state index is 13.3. The van der Waals surface area contributed by atoms with E-state index in [2.05, 4.69) is 27.5 Å². The lowest BCUT2D eigenvalue weighted by Gasteiger charge is -2.38. The van der Waals surface area contributed by atoms with E-state index >= 15 is 0 Å². The van der Waals surface area contributed by atoms with E-state index in [0.29, 0.717) is 0 Å². The third kappa shape index (κ3) is 6.16. The smallest absolute Gasteiger partial charge is 0.313 e. The summed E-state index contributed by atoms with van der Waals surface area (Å²) in [5.41, 5.74) is 1.27. The molecule has 3 rings (SSSR count). The number of methoxy groups -OCH3 is 1. The summed E-state index contributed by atoms with van der Waals surface area (Å²) in [6, 6.07) is 11.3. The van der Waals surface area contributed by atoms with Gasteiger partial charge in [0.05, 0.1) is 18.2 Å². The van der Waals surface area contributed by atoms with Gasteiger partial charge in [0.2, 0.25) is 0 Å². The number of halogens is 2. The Morgan fingerprint density at radius 3 is 2.39 bits per heavy atom. The van der Waals surface area contributed by atoms with Crippen molar-refractivity contribution in [2.75, 3.05) is 52.2 Å². The van der Waals surface area contributed by atoms with Crippen molar-refractivity contribution in [2.45, 2.75) is 6.04 Å². The van der Waals surface area contributed by atoms with Crippen molar-refractivity contribution in [2.24, 2.45) is 0 Å². The fourth-order valence-electron chi connectivity index (χ4n) is 3.45. The van der Waals surface area contributed by atoms with Crippen LogP contribution in [0.3, 0.4) is 0 Å². The highest BCUT2D eigenvalue weighted by atomic mass is 35.5. The van der Waals surface area contributed by atoms with E-state index in [1.807, 2.05) is 24.3 Å². The van der Waals surface area contributed by atoms with Crippen molar-refractivity contribution < 1.29 is 18.7 Å². The lowest BCUT2D eigenvalue weighted by molar-refractivity contribution is -0.136. The molecule has 166 valence electrons. The van der Waals surface area contributed by atoms with Crippen molar-refractivity contribution in [3.63, 3.8) is 0 Å². The molecule has 31 heavy (non-hydrogen) atoms.